The third-order valence-corrected chi connectivity index (χ3v) is 2.66. The Labute approximate surface area is 117 Å². The molecule has 0 unspecified atom stereocenters. The number of benzene rings is 1. The average Bonchev–Trinajstić information content (AvgIpc) is 2.92. The minimum absolute atomic E-state index is 0.00980. The van der Waals surface area contributed by atoms with Crippen molar-refractivity contribution in [3.8, 4) is 5.75 Å². The highest BCUT2D eigenvalue weighted by atomic mass is 19.4. The molecule has 1 heterocycles. The van der Waals surface area contributed by atoms with Crippen LogP contribution >= 0.6 is 0 Å². The molecule has 0 fully saturated rings. The van der Waals surface area contributed by atoms with Gasteiger partial charge in [0.2, 0.25) is 0 Å². The summed E-state index contributed by atoms with van der Waals surface area (Å²) in [5, 5.41) is 0. The minimum Gasteiger partial charge on any atom is -0.489 e. The lowest BCUT2D eigenvalue weighted by atomic mass is 10.2. The summed E-state index contributed by atoms with van der Waals surface area (Å²) in [6.45, 7) is -0.0371. The first kappa shape index (κ1) is 14.9. The number of amides is 1. The molecule has 112 valence electrons. The summed E-state index contributed by atoms with van der Waals surface area (Å²) in [6, 6.07) is 5.74. The van der Waals surface area contributed by atoms with Crippen molar-refractivity contribution in [1.29, 1.82) is 0 Å². The fourth-order valence-electron chi connectivity index (χ4n) is 1.62. The number of nitrogen functional groups attached to an aromatic ring is 1. The maximum atomic E-state index is 12.4. The van der Waals surface area contributed by atoms with Crippen LogP contribution in [0.2, 0.25) is 0 Å². The number of halogens is 3. The van der Waals surface area contributed by atoms with E-state index in [0.717, 1.165) is 12.1 Å². The Hall–Kier alpha value is -2.48. The van der Waals surface area contributed by atoms with E-state index in [4.69, 9.17) is 15.0 Å². The van der Waals surface area contributed by atoms with E-state index in [-0.39, 0.29) is 18.1 Å². The number of ether oxygens (including phenoxy) is 1. The van der Waals surface area contributed by atoms with Gasteiger partial charge in [-0.25, -0.2) is 5.84 Å². The van der Waals surface area contributed by atoms with Crippen LogP contribution in [0.1, 0.15) is 21.7 Å². The van der Waals surface area contributed by atoms with Crippen LogP contribution < -0.4 is 16.0 Å². The van der Waals surface area contributed by atoms with Gasteiger partial charge in [-0.3, -0.25) is 10.2 Å². The molecule has 0 bridgehead atoms. The van der Waals surface area contributed by atoms with Crippen LogP contribution in [-0.4, -0.2) is 5.91 Å². The molecule has 1 aromatic heterocycles. The third kappa shape index (κ3) is 3.54. The summed E-state index contributed by atoms with van der Waals surface area (Å²) in [5.74, 6) is 4.60. The van der Waals surface area contributed by atoms with Crippen molar-refractivity contribution >= 4 is 5.91 Å². The summed E-state index contributed by atoms with van der Waals surface area (Å²) in [7, 11) is 0. The van der Waals surface area contributed by atoms with E-state index in [2.05, 4.69) is 0 Å². The number of hydrogen-bond donors (Lipinski definition) is 2. The van der Waals surface area contributed by atoms with Crippen molar-refractivity contribution in [1.82, 2.24) is 5.43 Å². The van der Waals surface area contributed by atoms with Crippen LogP contribution in [0, 0.1) is 0 Å². The average molecular weight is 300 g/mol. The van der Waals surface area contributed by atoms with Gasteiger partial charge in [0, 0.05) is 5.56 Å². The number of hydrogen-bond acceptors (Lipinski definition) is 4. The molecule has 0 saturated heterocycles. The van der Waals surface area contributed by atoms with Gasteiger partial charge in [-0.15, -0.1) is 0 Å². The van der Waals surface area contributed by atoms with Gasteiger partial charge < -0.3 is 9.15 Å². The zero-order valence-electron chi connectivity index (χ0n) is 10.6. The first-order valence-corrected chi connectivity index (χ1v) is 5.79. The van der Waals surface area contributed by atoms with Crippen molar-refractivity contribution < 1.29 is 27.1 Å². The number of alkyl halides is 3. The van der Waals surface area contributed by atoms with Crippen LogP contribution in [0.3, 0.4) is 0 Å². The second-order valence-corrected chi connectivity index (χ2v) is 4.06. The fourth-order valence-corrected chi connectivity index (χ4v) is 1.62. The summed E-state index contributed by atoms with van der Waals surface area (Å²) in [5.41, 5.74) is 1.58. The van der Waals surface area contributed by atoms with Crippen molar-refractivity contribution in [3.05, 3.63) is 53.5 Å². The van der Waals surface area contributed by atoms with Gasteiger partial charge in [0.25, 0.3) is 0 Å². The molecule has 0 radical (unpaired) electrons. The Morgan fingerprint density at radius 1 is 1.24 bits per heavy atom. The highest BCUT2D eigenvalue weighted by molar-refractivity contribution is 5.92. The van der Waals surface area contributed by atoms with E-state index in [9.17, 15) is 18.0 Å². The Bertz CT molecular complexity index is 620. The third-order valence-electron chi connectivity index (χ3n) is 2.66. The number of carbonyl (C=O) groups excluding carboxylic acids is 1. The minimum atomic E-state index is -4.39. The van der Waals surface area contributed by atoms with Crippen LogP contribution in [-0.2, 0) is 12.8 Å². The van der Waals surface area contributed by atoms with E-state index in [1.54, 1.807) is 0 Å². The van der Waals surface area contributed by atoms with Gasteiger partial charge in [0.05, 0.1) is 11.8 Å². The molecule has 2 rings (SSSR count). The summed E-state index contributed by atoms with van der Waals surface area (Å²) >= 11 is 0. The molecule has 8 heteroatoms. The molecule has 21 heavy (non-hydrogen) atoms. The van der Waals surface area contributed by atoms with Gasteiger partial charge in [0.1, 0.15) is 12.4 Å². The summed E-state index contributed by atoms with van der Waals surface area (Å²) in [4.78, 5) is 11.4. The topological polar surface area (TPSA) is 77.5 Å². The number of hydrazine groups is 1. The number of carbonyl (C=O) groups is 1. The molecule has 2 aromatic rings. The molecule has 0 aliphatic carbocycles. The van der Waals surface area contributed by atoms with E-state index in [1.165, 1.54) is 24.5 Å². The zero-order chi connectivity index (χ0) is 15.5. The molecular weight excluding hydrogens is 289 g/mol. The number of furan rings is 1. The number of rotatable bonds is 4. The Morgan fingerprint density at radius 3 is 2.48 bits per heavy atom. The largest absolute Gasteiger partial charge is 0.489 e. The zero-order valence-corrected chi connectivity index (χ0v) is 10.6. The Balaban J connectivity index is 2.04. The van der Waals surface area contributed by atoms with Gasteiger partial charge in [-0.1, -0.05) is 0 Å². The fraction of sp³-hybridized carbons (Fsp3) is 0.154. The van der Waals surface area contributed by atoms with Gasteiger partial charge in [-0.05, 0) is 30.3 Å². The van der Waals surface area contributed by atoms with Crippen LogP contribution in [0.5, 0.6) is 5.75 Å². The van der Waals surface area contributed by atoms with Crippen molar-refractivity contribution in [2.75, 3.05) is 0 Å². The lowest BCUT2D eigenvalue weighted by molar-refractivity contribution is -0.137. The van der Waals surface area contributed by atoms with Crippen LogP contribution in [0.4, 0.5) is 13.2 Å². The number of nitrogens with two attached hydrogens (primary N) is 1. The SMILES string of the molecule is NNC(=O)c1occc1COc1ccc(C(F)(F)F)cc1. The summed E-state index contributed by atoms with van der Waals surface area (Å²) < 4.78 is 47.5. The lowest BCUT2D eigenvalue weighted by Gasteiger charge is -2.09. The standard InChI is InChI=1S/C13H11F3N2O3/c14-13(15,16)9-1-3-10(4-2-9)21-7-8-5-6-20-11(8)12(19)18-17/h1-6H,7,17H2,(H,18,19). The monoisotopic (exact) mass is 300 g/mol. The first-order valence-electron chi connectivity index (χ1n) is 5.79. The predicted molar refractivity (Wildman–Crippen MR) is 66.1 cm³/mol. The molecular formula is C13H11F3N2O3. The molecule has 1 amide bonds. The Morgan fingerprint density at radius 2 is 1.90 bits per heavy atom. The second-order valence-electron chi connectivity index (χ2n) is 4.06. The predicted octanol–water partition coefficient (Wildman–Crippen LogP) is 2.48. The van der Waals surface area contributed by atoms with Gasteiger partial charge in [0.15, 0.2) is 5.76 Å². The highest BCUT2D eigenvalue weighted by Gasteiger charge is 2.30. The second kappa shape index (κ2) is 5.88. The molecule has 1 aromatic carbocycles. The highest BCUT2D eigenvalue weighted by Crippen LogP contribution is 2.30. The lowest BCUT2D eigenvalue weighted by Crippen LogP contribution is -2.30. The maximum absolute atomic E-state index is 12.4. The first-order chi connectivity index (χ1) is 9.91. The van der Waals surface area contributed by atoms with E-state index >= 15 is 0 Å². The van der Waals surface area contributed by atoms with Gasteiger partial charge >= 0.3 is 12.1 Å². The van der Waals surface area contributed by atoms with Crippen LogP contribution in [0.15, 0.2) is 41.0 Å². The van der Waals surface area contributed by atoms with E-state index in [0.29, 0.717) is 5.56 Å². The van der Waals surface area contributed by atoms with Gasteiger partial charge in [-0.2, -0.15) is 13.2 Å². The molecule has 3 N–H and O–H groups in total. The van der Waals surface area contributed by atoms with E-state index in [1.807, 2.05) is 5.43 Å². The maximum Gasteiger partial charge on any atom is 0.416 e. The smallest absolute Gasteiger partial charge is 0.416 e. The normalized spacial score (nSPS) is 11.2. The van der Waals surface area contributed by atoms with Crippen molar-refractivity contribution in [2.24, 2.45) is 5.84 Å². The summed E-state index contributed by atoms with van der Waals surface area (Å²) in [6.07, 6.45) is -3.11. The molecule has 0 atom stereocenters. The molecule has 0 saturated carbocycles. The quantitative estimate of drug-likeness (QED) is 0.516. The molecule has 0 spiro atoms. The van der Waals surface area contributed by atoms with Crippen molar-refractivity contribution in [2.45, 2.75) is 12.8 Å². The van der Waals surface area contributed by atoms with Crippen molar-refractivity contribution in [3.63, 3.8) is 0 Å². The Kier molecular flexibility index (Phi) is 4.18. The number of nitrogens with one attached hydrogen (secondary N) is 1. The van der Waals surface area contributed by atoms with Crippen LogP contribution in [0.25, 0.3) is 0 Å². The molecule has 5 nitrogen and oxygen atoms in total. The molecule has 0 aliphatic heterocycles. The molecule has 0 aliphatic rings. The van der Waals surface area contributed by atoms with E-state index < -0.39 is 17.6 Å².